The van der Waals surface area contributed by atoms with Crippen molar-refractivity contribution in [2.45, 2.75) is 12.3 Å². The Morgan fingerprint density at radius 1 is 1.00 bits per heavy atom. The van der Waals surface area contributed by atoms with Gasteiger partial charge >= 0.3 is 0 Å². The number of rotatable bonds is 5. The Kier molecular flexibility index (Phi) is 5.31. The number of hydrogen-bond acceptors (Lipinski definition) is 3. The number of benzene rings is 2. The molecule has 0 aliphatic heterocycles. The van der Waals surface area contributed by atoms with E-state index < -0.39 is 11.8 Å². The minimum absolute atomic E-state index is 0.0870. The van der Waals surface area contributed by atoms with Crippen LogP contribution in [0, 0.1) is 28.6 Å². The van der Waals surface area contributed by atoms with Gasteiger partial charge < -0.3 is 0 Å². The first-order valence-electron chi connectivity index (χ1n) is 6.78. The standard InChI is InChI=1S/C18H13ClN2O/c19-16-8-6-13(7-9-16)17(15(11-20)12-21)10-18(22)14-4-2-1-3-5-14/h1-9,15,17H,10H2/t17-/m0/s1. The molecule has 2 rings (SSSR count). The van der Waals surface area contributed by atoms with E-state index in [4.69, 9.17) is 11.6 Å². The number of nitriles is 2. The summed E-state index contributed by atoms with van der Waals surface area (Å²) in [7, 11) is 0. The highest BCUT2D eigenvalue weighted by Crippen LogP contribution is 2.30. The number of hydrogen-bond donors (Lipinski definition) is 0. The van der Waals surface area contributed by atoms with Crippen molar-refractivity contribution in [3.05, 3.63) is 70.7 Å². The number of carbonyl (C=O) groups is 1. The molecule has 0 fully saturated rings. The fraction of sp³-hybridized carbons (Fsp3) is 0.167. The molecule has 4 heteroatoms. The molecule has 0 radical (unpaired) electrons. The van der Waals surface area contributed by atoms with Crippen LogP contribution in [0.1, 0.15) is 28.3 Å². The second kappa shape index (κ2) is 7.41. The van der Waals surface area contributed by atoms with Crippen molar-refractivity contribution in [3.63, 3.8) is 0 Å². The van der Waals surface area contributed by atoms with Gasteiger partial charge in [-0.15, -0.1) is 0 Å². The van der Waals surface area contributed by atoms with Crippen LogP contribution in [-0.2, 0) is 0 Å². The number of ketones is 1. The molecule has 2 aromatic carbocycles. The van der Waals surface area contributed by atoms with Crippen molar-refractivity contribution in [1.29, 1.82) is 10.5 Å². The van der Waals surface area contributed by atoms with Crippen LogP contribution in [0.2, 0.25) is 5.02 Å². The van der Waals surface area contributed by atoms with Crippen molar-refractivity contribution >= 4 is 17.4 Å². The fourth-order valence-electron chi connectivity index (χ4n) is 2.29. The summed E-state index contributed by atoms with van der Waals surface area (Å²) >= 11 is 5.87. The maximum atomic E-state index is 12.4. The van der Waals surface area contributed by atoms with Crippen LogP contribution in [-0.4, -0.2) is 5.78 Å². The second-order valence-corrected chi connectivity index (χ2v) is 5.32. The molecule has 0 saturated heterocycles. The van der Waals surface area contributed by atoms with Crippen LogP contribution in [0.5, 0.6) is 0 Å². The first-order valence-corrected chi connectivity index (χ1v) is 7.16. The molecular formula is C18H13ClN2O. The van der Waals surface area contributed by atoms with Gasteiger partial charge in [0.2, 0.25) is 0 Å². The van der Waals surface area contributed by atoms with Gasteiger partial charge in [0.15, 0.2) is 5.78 Å². The molecule has 0 amide bonds. The molecule has 0 aliphatic carbocycles. The first kappa shape index (κ1) is 15.8. The van der Waals surface area contributed by atoms with E-state index >= 15 is 0 Å². The molecule has 0 spiro atoms. The third kappa shape index (κ3) is 3.73. The molecule has 0 aromatic heterocycles. The Hall–Kier alpha value is -2.62. The monoisotopic (exact) mass is 308 g/mol. The van der Waals surface area contributed by atoms with Gasteiger partial charge in [0.1, 0.15) is 5.92 Å². The normalized spacial score (nSPS) is 11.5. The topological polar surface area (TPSA) is 64.7 Å². The number of nitrogens with zero attached hydrogens (tertiary/aromatic N) is 2. The van der Waals surface area contributed by atoms with E-state index in [2.05, 4.69) is 0 Å². The molecule has 0 heterocycles. The van der Waals surface area contributed by atoms with Crippen molar-refractivity contribution in [2.24, 2.45) is 5.92 Å². The molecule has 22 heavy (non-hydrogen) atoms. The van der Waals surface area contributed by atoms with Gasteiger partial charge in [0, 0.05) is 22.9 Å². The molecule has 0 unspecified atom stereocenters. The number of Topliss-reactive ketones (excluding diaryl/α,β-unsaturated/α-hetero) is 1. The smallest absolute Gasteiger partial charge is 0.163 e. The quantitative estimate of drug-likeness (QED) is 0.771. The van der Waals surface area contributed by atoms with Gasteiger partial charge in [-0.05, 0) is 17.7 Å². The van der Waals surface area contributed by atoms with Crippen molar-refractivity contribution in [1.82, 2.24) is 0 Å². The number of carbonyl (C=O) groups excluding carboxylic acids is 1. The second-order valence-electron chi connectivity index (χ2n) is 4.89. The summed E-state index contributed by atoms with van der Waals surface area (Å²) in [5.41, 5.74) is 1.35. The van der Waals surface area contributed by atoms with E-state index in [1.165, 1.54) is 0 Å². The molecule has 0 saturated carbocycles. The SMILES string of the molecule is N#CC(C#N)[C@@H](CC(=O)c1ccccc1)c1ccc(Cl)cc1. The predicted octanol–water partition coefficient (Wildman–Crippen LogP) is 4.36. The highest BCUT2D eigenvalue weighted by Gasteiger charge is 2.26. The molecule has 0 aliphatic rings. The summed E-state index contributed by atoms with van der Waals surface area (Å²) < 4.78 is 0. The van der Waals surface area contributed by atoms with Crippen molar-refractivity contribution in [3.8, 4) is 12.1 Å². The van der Waals surface area contributed by atoms with E-state index in [9.17, 15) is 15.3 Å². The van der Waals surface area contributed by atoms with E-state index in [-0.39, 0.29) is 12.2 Å². The molecule has 1 atom stereocenters. The van der Waals surface area contributed by atoms with Crippen LogP contribution < -0.4 is 0 Å². The lowest BCUT2D eigenvalue weighted by atomic mass is 9.83. The summed E-state index contributed by atoms with van der Waals surface area (Å²) in [5, 5.41) is 18.9. The lowest BCUT2D eigenvalue weighted by molar-refractivity contribution is 0.0971. The summed E-state index contributed by atoms with van der Waals surface area (Å²) in [6.07, 6.45) is 0.109. The minimum atomic E-state index is -0.881. The highest BCUT2D eigenvalue weighted by molar-refractivity contribution is 6.30. The van der Waals surface area contributed by atoms with Gasteiger partial charge in [-0.2, -0.15) is 10.5 Å². The van der Waals surface area contributed by atoms with E-state index in [1.54, 1.807) is 48.5 Å². The van der Waals surface area contributed by atoms with Gasteiger partial charge in [-0.1, -0.05) is 54.1 Å². The maximum Gasteiger partial charge on any atom is 0.163 e. The minimum Gasteiger partial charge on any atom is -0.294 e. The average Bonchev–Trinajstić information content (AvgIpc) is 2.56. The lowest BCUT2D eigenvalue weighted by Crippen LogP contribution is -2.15. The zero-order valence-corrected chi connectivity index (χ0v) is 12.5. The zero-order chi connectivity index (χ0) is 15.9. The van der Waals surface area contributed by atoms with Crippen LogP contribution in [0.15, 0.2) is 54.6 Å². The first-order chi connectivity index (χ1) is 10.7. The fourth-order valence-corrected chi connectivity index (χ4v) is 2.41. The van der Waals surface area contributed by atoms with Gasteiger partial charge in [0.05, 0.1) is 12.1 Å². The average molecular weight is 309 g/mol. The van der Waals surface area contributed by atoms with Crippen LogP contribution in [0.25, 0.3) is 0 Å². The van der Waals surface area contributed by atoms with Crippen molar-refractivity contribution < 1.29 is 4.79 Å². The van der Waals surface area contributed by atoms with Crippen LogP contribution in [0.3, 0.4) is 0 Å². The molecule has 0 N–H and O–H groups in total. The third-order valence-electron chi connectivity index (χ3n) is 3.48. The Labute approximate surface area is 134 Å². The number of halogens is 1. The molecule has 0 bridgehead atoms. The summed E-state index contributed by atoms with van der Waals surface area (Å²) in [6, 6.07) is 19.7. The van der Waals surface area contributed by atoms with Crippen molar-refractivity contribution in [2.75, 3.05) is 0 Å². The van der Waals surface area contributed by atoms with Crippen LogP contribution in [0.4, 0.5) is 0 Å². The van der Waals surface area contributed by atoms with Gasteiger partial charge in [-0.25, -0.2) is 0 Å². The summed E-state index contributed by atoms with van der Waals surface area (Å²) in [5.74, 6) is -1.44. The van der Waals surface area contributed by atoms with E-state index in [1.807, 2.05) is 18.2 Å². The van der Waals surface area contributed by atoms with E-state index in [0.29, 0.717) is 10.6 Å². The van der Waals surface area contributed by atoms with E-state index in [0.717, 1.165) is 5.56 Å². The Morgan fingerprint density at radius 3 is 2.14 bits per heavy atom. The Balaban J connectivity index is 2.30. The van der Waals surface area contributed by atoms with Gasteiger partial charge in [-0.3, -0.25) is 4.79 Å². The molecule has 3 nitrogen and oxygen atoms in total. The molecule has 108 valence electrons. The third-order valence-corrected chi connectivity index (χ3v) is 3.73. The predicted molar refractivity (Wildman–Crippen MR) is 84.3 cm³/mol. The highest BCUT2D eigenvalue weighted by atomic mass is 35.5. The molecular weight excluding hydrogens is 296 g/mol. The Bertz CT molecular complexity index is 712. The largest absolute Gasteiger partial charge is 0.294 e. The zero-order valence-electron chi connectivity index (χ0n) is 11.7. The van der Waals surface area contributed by atoms with Gasteiger partial charge in [0.25, 0.3) is 0 Å². The summed E-state index contributed by atoms with van der Waals surface area (Å²) in [4.78, 5) is 12.4. The Morgan fingerprint density at radius 2 is 1.59 bits per heavy atom. The molecule has 2 aromatic rings. The maximum absolute atomic E-state index is 12.4. The van der Waals surface area contributed by atoms with Crippen LogP contribution >= 0.6 is 11.6 Å². The summed E-state index contributed by atoms with van der Waals surface area (Å²) in [6.45, 7) is 0. The lowest BCUT2D eigenvalue weighted by Gasteiger charge is -2.17.